The van der Waals surface area contributed by atoms with E-state index < -0.39 is 24.2 Å². The van der Waals surface area contributed by atoms with Gasteiger partial charge < -0.3 is 15.4 Å². The molecule has 3 aromatic rings. The van der Waals surface area contributed by atoms with E-state index in [1.165, 1.54) is 36.4 Å². The van der Waals surface area contributed by atoms with Crippen molar-refractivity contribution < 1.29 is 18.7 Å². The first-order valence-electron chi connectivity index (χ1n) is 9.52. The number of hydrogen-bond acceptors (Lipinski definition) is 4. The van der Waals surface area contributed by atoms with Gasteiger partial charge >= 0.3 is 0 Å². The summed E-state index contributed by atoms with van der Waals surface area (Å²) in [6, 6.07) is 18.8. The van der Waals surface area contributed by atoms with E-state index in [9.17, 15) is 19.2 Å². The van der Waals surface area contributed by atoms with Crippen LogP contribution in [0.3, 0.4) is 0 Å². The van der Waals surface area contributed by atoms with Crippen LogP contribution >= 0.6 is 23.2 Å². The van der Waals surface area contributed by atoms with Crippen molar-refractivity contribution in [2.75, 3.05) is 17.2 Å². The van der Waals surface area contributed by atoms with Crippen LogP contribution in [0.5, 0.6) is 5.75 Å². The van der Waals surface area contributed by atoms with Crippen molar-refractivity contribution in [3.63, 3.8) is 0 Å². The highest BCUT2D eigenvalue weighted by Gasteiger charge is 2.13. The summed E-state index contributed by atoms with van der Waals surface area (Å²) in [5, 5.41) is 14.8. The van der Waals surface area contributed by atoms with E-state index in [2.05, 4.69) is 10.6 Å². The summed E-state index contributed by atoms with van der Waals surface area (Å²) in [5.41, 5.74) is 0.718. The molecule has 0 saturated heterocycles. The summed E-state index contributed by atoms with van der Waals surface area (Å²) in [6.07, 6.45) is 1.35. The zero-order valence-electron chi connectivity index (χ0n) is 16.9. The minimum atomic E-state index is -0.633. The van der Waals surface area contributed by atoms with Crippen molar-refractivity contribution in [2.24, 2.45) is 0 Å². The van der Waals surface area contributed by atoms with Gasteiger partial charge in [0.1, 0.15) is 23.2 Å². The molecule has 0 saturated carbocycles. The molecule has 0 aliphatic carbocycles. The lowest BCUT2D eigenvalue weighted by Crippen LogP contribution is -2.20. The van der Waals surface area contributed by atoms with E-state index >= 15 is 0 Å². The second-order valence-corrected chi connectivity index (χ2v) is 7.42. The van der Waals surface area contributed by atoms with Crippen molar-refractivity contribution in [2.45, 2.75) is 0 Å². The van der Waals surface area contributed by atoms with E-state index in [0.29, 0.717) is 16.3 Å². The standard InChI is InChI=1S/C24H16Cl2FN3O3/c25-17-5-1-3-7-20(17)30-24(32)16(13-28)11-15-9-10-22(18(26)12-15)33-14-23(31)29-21-8-4-2-6-19(21)27/h1-12H,14H2,(H,29,31)(H,30,32)/b16-11+. The Bertz CT molecular complexity index is 1270. The molecule has 0 aliphatic rings. The van der Waals surface area contributed by atoms with Gasteiger partial charge in [0.05, 0.1) is 21.4 Å². The van der Waals surface area contributed by atoms with Crippen LogP contribution in [-0.4, -0.2) is 18.4 Å². The van der Waals surface area contributed by atoms with Crippen molar-refractivity contribution in [1.29, 1.82) is 5.26 Å². The second-order valence-electron chi connectivity index (χ2n) is 6.61. The van der Waals surface area contributed by atoms with Gasteiger partial charge in [0.2, 0.25) is 0 Å². The fraction of sp³-hybridized carbons (Fsp3) is 0.0417. The lowest BCUT2D eigenvalue weighted by Gasteiger charge is -2.10. The normalized spacial score (nSPS) is 10.8. The van der Waals surface area contributed by atoms with Crippen LogP contribution < -0.4 is 15.4 Å². The number of rotatable bonds is 7. The molecule has 0 heterocycles. The number of amides is 2. The molecular formula is C24H16Cl2FN3O3. The average Bonchev–Trinajstić information content (AvgIpc) is 2.80. The fourth-order valence-corrected chi connectivity index (χ4v) is 3.11. The van der Waals surface area contributed by atoms with Crippen molar-refractivity contribution in [1.82, 2.24) is 0 Å². The van der Waals surface area contributed by atoms with Gasteiger partial charge in [-0.05, 0) is 48.0 Å². The highest BCUT2D eigenvalue weighted by atomic mass is 35.5. The Morgan fingerprint density at radius 1 is 0.970 bits per heavy atom. The highest BCUT2D eigenvalue weighted by molar-refractivity contribution is 6.34. The topological polar surface area (TPSA) is 91.2 Å². The molecule has 0 aliphatic heterocycles. The number of nitrogens with zero attached hydrogens (tertiary/aromatic N) is 1. The predicted octanol–water partition coefficient (Wildman–Crippen LogP) is 5.70. The lowest BCUT2D eigenvalue weighted by molar-refractivity contribution is -0.118. The Kier molecular flexibility index (Phi) is 8.03. The molecule has 0 fully saturated rings. The lowest BCUT2D eigenvalue weighted by atomic mass is 10.1. The monoisotopic (exact) mass is 483 g/mol. The van der Waals surface area contributed by atoms with Crippen molar-refractivity contribution in [3.8, 4) is 11.8 Å². The Morgan fingerprint density at radius 2 is 1.67 bits per heavy atom. The molecule has 0 unspecified atom stereocenters. The molecule has 33 heavy (non-hydrogen) atoms. The summed E-state index contributed by atoms with van der Waals surface area (Å²) < 4.78 is 19.0. The van der Waals surface area contributed by atoms with Crippen LogP contribution in [0.1, 0.15) is 5.56 Å². The van der Waals surface area contributed by atoms with E-state index in [4.69, 9.17) is 27.9 Å². The average molecular weight is 484 g/mol. The summed E-state index contributed by atoms with van der Waals surface area (Å²) >= 11 is 12.2. The largest absolute Gasteiger partial charge is 0.482 e. The molecule has 166 valence electrons. The van der Waals surface area contributed by atoms with Crippen molar-refractivity contribution in [3.05, 3.63) is 93.7 Å². The summed E-state index contributed by atoms with van der Waals surface area (Å²) in [4.78, 5) is 24.4. The number of ether oxygens (including phenoxy) is 1. The third kappa shape index (κ3) is 6.56. The predicted molar refractivity (Wildman–Crippen MR) is 126 cm³/mol. The number of halogens is 3. The van der Waals surface area contributed by atoms with Gasteiger partial charge in [-0.15, -0.1) is 0 Å². The molecule has 3 aromatic carbocycles. The Balaban J connectivity index is 1.65. The number of carbonyl (C=O) groups excluding carboxylic acids is 2. The molecule has 0 radical (unpaired) electrons. The first-order chi connectivity index (χ1) is 15.9. The number of nitrogens with one attached hydrogen (secondary N) is 2. The van der Waals surface area contributed by atoms with Crippen LogP contribution in [0.15, 0.2) is 72.3 Å². The smallest absolute Gasteiger partial charge is 0.266 e. The first kappa shape index (κ1) is 23.8. The minimum absolute atomic E-state index is 0.0387. The maximum absolute atomic E-state index is 13.6. The molecule has 0 aromatic heterocycles. The molecule has 2 amide bonds. The molecule has 0 atom stereocenters. The molecule has 9 heteroatoms. The highest BCUT2D eigenvalue weighted by Crippen LogP contribution is 2.27. The van der Waals surface area contributed by atoms with Crippen LogP contribution in [0.4, 0.5) is 15.8 Å². The quantitative estimate of drug-likeness (QED) is 0.333. The van der Waals surface area contributed by atoms with Gasteiger partial charge in [-0.2, -0.15) is 5.26 Å². The molecular weight excluding hydrogens is 468 g/mol. The van der Waals surface area contributed by atoms with E-state index in [1.807, 2.05) is 6.07 Å². The van der Waals surface area contributed by atoms with E-state index in [-0.39, 0.29) is 22.0 Å². The van der Waals surface area contributed by atoms with Crippen LogP contribution in [-0.2, 0) is 9.59 Å². The number of benzene rings is 3. The first-order valence-corrected chi connectivity index (χ1v) is 10.3. The molecule has 3 rings (SSSR count). The van der Waals surface area contributed by atoms with Gasteiger partial charge in [0, 0.05) is 0 Å². The fourth-order valence-electron chi connectivity index (χ4n) is 2.68. The maximum Gasteiger partial charge on any atom is 0.266 e. The van der Waals surface area contributed by atoms with E-state index in [0.717, 1.165) is 0 Å². The van der Waals surface area contributed by atoms with E-state index in [1.54, 1.807) is 36.4 Å². The zero-order chi connectivity index (χ0) is 23.8. The van der Waals surface area contributed by atoms with Crippen LogP contribution in [0, 0.1) is 17.1 Å². The van der Waals surface area contributed by atoms with Gasteiger partial charge in [0.15, 0.2) is 6.61 Å². The number of anilines is 2. The number of para-hydroxylation sites is 2. The molecule has 6 nitrogen and oxygen atoms in total. The Morgan fingerprint density at radius 3 is 2.33 bits per heavy atom. The summed E-state index contributed by atoms with van der Waals surface area (Å²) in [5.74, 6) is -1.56. The summed E-state index contributed by atoms with van der Waals surface area (Å²) in [7, 11) is 0. The maximum atomic E-state index is 13.6. The SMILES string of the molecule is N#C/C(=C\c1ccc(OCC(=O)Nc2ccccc2F)c(Cl)c1)C(=O)Nc1ccccc1Cl. The molecule has 0 bridgehead atoms. The number of hydrogen-bond donors (Lipinski definition) is 2. The number of carbonyl (C=O) groups is 2. The number of nitriles is 1. The van der Waals surface area contributed by atoms with Crippen LogP contribution in [0.2, 0.25) is 10.0 Å². The van der Waals surface area contributed by atoms with Gasteiger partial charge in [-0.25, -0.2) is 4.39 Å². The van der Waals surface area contributed by atoms with Gasteiger partial charge in [-0.1, -0.05) is 53.5 Å². The minimum Gasteiger partial charge on any atom is -0.482 e. The van der Waals surface area contributed by atoms with Gasteiger partial charge in [0.25, 0.3) is 11.8 Å². The summed E-state index contributed by atoms with van der Waals surface area (Å²) in [6.45, 7) is -0.396. The Hall–Kier alpha value is -3.86. The van der Waals surface area contributed by atoms with Crippen molar-refractivity contribution >= 4 is 52.5 Å². The molecule has 0 spiro atoms. The van der Waals surface area contributed by atoms with Gasteiger partial charge in [-0.3, -0.25) is 9.59 Å². The third-order valence-corrected chi connectivity index (χ3v) is 4.89. The Labute approximate surface area is 199 Å². The molecule has 2 N–H and O–H groups in total. The van der Waals surface area contributed by atoms with Crippen LogP contribution in [0.25, 0.3) is 6.08 Å². The zero-order valence-corrected chi connectivity index (χ0v) is 18.5. The second kappa shape index (κ2) is 11.1. The third-order valence-electron chi connectivity index (χ3n) is 4.26.